The smallest absolute Gasteiger partial charge is 0.340 e. The molecule has 0 fully saturated rings. The normalized spacial score (nSPS) is 9.93. The van der Waals surface area contributed by atoms with Gasteiger partial charge in [-0.05, 0) is 13.8 Å². The molecule has 0 aromatic heterocycles. The van der Waals surface area contributed by atoms with Crippen molar-refractivity contribution in [3.63, 3.8) is 0 Å². The fraction of sp³-hybridized carbons (Fsp3) is 0.600. The lowest BCUT2D eigenvalue weighted by Crippen LogP contribution is -2.48. The summed E-state index contributed by atoms with van der Waals surface area (Å²) in [5.74, 6) is -1.03. The van der Waals surface area contributed by atoms with Crippen LogP contribution in [0.25, 0.3) is 0 Å². The molecule has 2 N–H and O–H groups in total. The molecule has 15 heavy (non-hydrogen) atoms. The maximum absolute atomic E-state index is 11.4. The third-order valence-electron chi connectivity index (χ3n) is 1.60. The Balaban J connectivity index is 0. The van der Waals surface area contributed by atoms with Gasteiger partial charge >= 0.3 is 5.91 Å². The van der Waals surface area contributed by atoms with Crippen molar-refractivity contribution >= 4 is 11.9 Å². The maximum Gasteiger partial charge on any atom is 0.340 e. The van der Waals surface area contributed by atoms with Gasteiger partial charge in [-0.2, -0.15) is 0 Å². The molecular weight excluding hydrogens is 196 g/mol. The molecule has 5 nitrogen and oxygen atoms in total. The van der Waals surface area contributed by atoms with Gasteiger partial charge in [-0.3, -0.25) is 4.48 Å². The second kappa shape index (κ2) is 7.14. The van der Waals surface area contributed by atoms with Gasteiger partial charge in [-0.1, -0.05) is 6.58 Å². The van der Waals surface area contributed by atoms with E-state index in [9.17, 15) is 4.79 Å². The molecule has 0 atom stereocenters. The molecule has 0 aliphatic rings. The molecular formula is C10H20N2O3. The van der Waals surface area contributed by atoms with Gasteiger partial charge in [0.2, 0.25) is 0 Å². The molecule has 0 heterocycles. The summed E-state index contributed by atoms with van der Waals surface area (Å²) in [6, 6.07) is 0. The largest absolute Gasteiger partial charge is 0.550 e. The lowest BCUT2D eigenvalue weighted by Gasteiger charge is -2.25. The van der Waals surface area contributed by atoms with Crippen LogP contribution in [0.3, 0.4) is 0 Å². The first-order valence-corrected chi connectivity index (χ1v) is 4.56. The third-order valence-corrected chi connectivity index (χ3v) is 1.60. The minimum absolute atomic E-state index is 0.0513. The van der Waals surface area contributed by atoms with Crippen molar-refractivity contribution in [2.24, 2.45) is 5.73 Å². The van der Waals surface area contributed by atoms with Crippen LogP contribution in [0.15, 0.2) is 12.2 Å². The molecule has 1 amide bonds. The lowest BCUT2D eigenvalue weighted by atomic mass is 10.2. The van der Waals surface area contributed by atoms with Gasteiger partial charge in [0, 0.05) is 18.1 Å². The van der Waals surface area contributed by atoms with Crippen molar-refractivity contribution < 1.29 is 19.2 Å². The van der Waals surface area contributed by atoms with Gasteiger partial charge in [-0.15, -0.1) is 0 Å². The molecule has 0 aromatic carbocycles. The van der Waals surface area contributed by atoms with Crippen LogP contribution in [0.4, 0.5) is 0 Å². The number of aliphatic carboxylic acids is 1. The first-order valence-electron chi connectivity index (χ1n) is 4.56. The number of carbonyl (C=O) groups is 2. The van der Waals surface area contributed by atoms with E-state index in [0.29, 0.717) is 23.1 Å². The van der Waals surface area contributed by atoms with E-state index in [4.69, 9.17) is 15.6 Å². The average molecular weight is 216 g/mol. The van der Waals surface area contributed by atoms with Crippen molar-refractivity contribution in [3.05, 3.63) is 12.2 Å². The van der Waals surface area contributed by atoms with E-state index >= 15 is 0 Å². The molecule has 0 aliphatic heterocycles. The van der Waals surface area contributed by atoms with Crippen LogP contribution in [0.2, 0.25) is 0 Å². The first-order chi connectivity index (χ1) is 6.65. The number of nitrogens with two attached hydrogens (primary N) is 1. The summed E-state index contributed by atoms with van der Waals surface area (Å²) in [6.07, 6.45) is 0. The fourth-order valence-electron chi connectivity index (χ4n) is 0.941. The van der Waals surface area contributed by atoms with Gasteiger partial charge < -0.3 is 15.6 Å². The van der Waals surface area contributed by atoms with Gasteiger partial charge in [-0.25, -0.2) is 4.79 Å². The van der Waals surface area contributed by atoms with Crippen molar-refractivity contribution in [1.29, 1.82) is 0 Å². The summed E-state index contributed by atoms with van der Waals surface area (Å²) in [5, 5.41) is 8.89. The number of carboxylic acids is 1. The van der Waals surface area contributed by atoms with E-state index in [0.717, 1.165) is 6.92 Å². The zero-order valence-electron chi connectivity index (χ0n) is 9.87. The highest BCUT2D eigenvalue weighted by Gasteiger charge is 2.25. The summed E-state index contributed by atoms with van der Waals surface area (Å²) in [5.41, 5.74) is 5.94. The van der Waals surface area contributed by atoms with E-state index in [1.807, 2.05) is 14.1 Å². The summed E-state index contributed by atoms with van der Waals surface area (Å²) >= 11 is 0. The Morgan fingerprint density at radius 2 is 1.67 bits per heavy atom. The van der Waals surface area contributed by atoms with E-state index in [2.05, 4.69) is 6.58 Å². The topological polar surface area (TPSA) is 83.2 Å². The van der Waals surface area contributed by atoms with Crippen LogP contribution in [-0.4, -0.2) is 43.5 Å². The van der Waals surface area contributed by atoms with Crippen molar-refractivity contribution in [2.45, 2.75) is 13.8 Å². The number of nitrogens with zero attached hydrogens (tertiary/aromatic N) is 1. The molecule has 0 radical (unpaired) electrons. The van der Waals surface area contributed by atoms with Crippen LogP contribution in [0.5, 0.6) is 0 Å². The summed E-state index contributed by atoms with van der Waals surface area (Å²) in [7, 11) is 3.67. The van der Waals surface area contributed by atoms with E-state index in [1.54, 1.807) is 6.92 Å². The third kappa shape index (κ3) is 9.11. The highest BCUT2D eigenvalue weighted by atomic mass is 16.4. The molecule has 0 rings (SSSR count). The van der Waals surface area contributed by atoms with E-state index in [1.165, 1.54) is 0 Å². The zero-order chi connectivity index (χ0) is 12.6. The maximum atomic E-state index is 11.4. The Kier molecular flexibility index (Phi) is 7.73. The summed E-state index contributed by atoms with van der Waals surface area (Å²) < 4.78 is 0.297. The minimum Gasteiger partial charge on any atom is -0.550 e. The Morgan fingerprint density at radius 1 is 1.33 bits per heavy atom. The van der Waals surface area contributed by atoms with Gasteiger partial charge in [0.15, 0.2) is 0 Å². The predicted molar refractivity (Wildman–Crippen MR) is 56.5 cm³/mol. The average Bonchev–Trinajstić information content (AvgIpc) is 2.01. The zero-order valence-corrected chi connectivity index (χ0v) is 9.87. The first kappa shape index (κ1) is 16.2. The molecule has 0 aromatic rings. The van der Waals surface area contributed by atoms with Crippen molar-refractivity contribution in [2.75, 3.05) is 27.2 Å². The highest BCUT2D eigenvalue weighted by molar-refractivity contribution is 5.86. The number of rotatable bonds is 3. The SMILES string of the molecule is C=C(C)C(=O)[N+](C)(C)CCN.CC(=O)[O-]. The number of hydrogen-bond donors (Lipinski definition) is 1. The summed E-state index contributed by atoms with van der Waals surface area (Å²) in [4.78, 5) is 20.3. The van der Waals surface area contributed by atoms with Gasteiger partial charge in [0.25, 0.3) is 0 Å². The van der Waals surface area contributed by atoms with Crippen molar-refractivity contribution in [1.82, 2.24) is 0 Å². The number of hydrogen-bond acceptors (Lipinski definition) is 4. The van der Waals surface area contributed by atoms with Crippen molar-refractivity contribution in [3.8, 4) is 0 Å². The van der Waals surface area contributed by atoms with E-state index < -0.39 is 5.97 Å². The fourth-order valence-corrected chi connectivity index (χ4v) is 0.941. The van der Waals surface area contributed by atoms with Gasteiger partial charge in [0.1, 0.15) is 0 Å². The molecule has 0 saturated heterocycles. The predicted octanol–water partition coefficient (Wildman–Crippen LogP) is -1.12. The molecule has 0 unspecified atom stereocenters. The van der Waals surface area contributed by atoms with Crippen LogP contribution in [0, 0.1) is 0 Å². The summed E-state index contributed by atoms with van der Waals surface area (Å²) in [6.45, 7) is 7.47. The number of likely N-dealkylation sites (N-methyl/N-ethyl adjacent to an activating group) is 1. The highest BCUT2D eigenvalue weighted by Crippen LogP contribution is 2.03. The molecule has 0 saturated carbocycles. The molecule has 0 aliphatic carbocycles. The number of quaternary nitrogens is 1. The molecule has 5 heteroatoms. The molecule has 0 spiro atoms. The minimum atomic E-state index is -1.08. The molecule has 88 valence electrons. The Hall–Kier alpha value is -1.20. The standard InChI is InChI=1S/C8H17N2O.C2H4O2/c1-7(2)8(11)10(3,4)6-5-9;1-2(3)4/h1,5-6,9H2,2-4H3;1H3,(H,3,4)/q+1;/p-1. The Bertz CT molecular complexity index is 243. The van der Waals surface area contributed by atoms with E-state index in [-0.39, 0.29) is 5.91 Å². The number of carbonyl (C=O) groups excluding carboxylic acids is 2. The Labute approximate surface area is 90.8 Å². The monoisotopic (exact) mass is 216 g/mol. The Morgan fingerprint density at radius 3 is 1.87 bits per heavy atom. The second-order valence-corrected chi connectivity index (χ2v) is 3.77. The number of carboxylic acid groups (broad SMARTS) is 1. The van der Waals surface area contributed by atoms with Crippen LogP contribution in [0.1, 0.15) is 13.8 Å². The second-order valence-electron chi connectivity index (χ2n) is 3.77. The van der Waals surface area contributed by atoms with Crippen LogP contribution < -0.4 is 10.8 Å². The number of amides is 1. The molecule has 0 bridgehead atoms. The quantitative estimate of drug-likeness (QED) is 0.478. The lowest BCUT2D eigenvalue weighted by molar-refractivity contribution is -0.810. The van der Waals surface area contributed by atoms with Crippen LogP contribution >= 0.6 is 0 Å². The van der Waals surface area contributed by atoms with Crippen LogP contribution in [-0.2, 0) is 9.59 Å². The van der Waals surface area contributed by atoms with Gasteiger partial charge in [0.05, 0.1) is 20.6 Å².